The highest BCUT2D eigenvalue weighted by molar-refractivity contribution is 7.89. The van der Waals surface area contributed by atoms with Gasteiger partial charge in [0.2, 0.25) is 10.0 Å². The largest absolute Gasteiger partial charge is 0.269 e. The average Bonchev–Trinajstić information content (AvgIpc) is 2.76. The van der Waals surface area contributed by atoms with Crippen LogP contribution in [0.3, 0.4) is 0 Å². The molecule has 0 N–H and O–H groups in total. The van der Waals surface area contributed by atoms with Crippen LogP contribution in [0.15, 0.2) is 27.9 Å². The monoisotopic (exact) mass is 429 g/mol. The number of rotatable bonds is 4. The lowest BCUT2D eigenvalue weighted by atomic mass is 9.89. The summed E-state index contributed by atoms with van der Waals surface area (Å²) >= 11 is 0. The molecule has 0 bridgehead atoms. The van der Waals surface area contributed by atoms with Gasteiger partial charge >= 0.3 is 0 Å². The molecule has 1 saturated heterocycles. The van der Waals surface area contributed by atoms with Gasteiger partial charge < -0.3 is 0 Å². The summed E-state index contributed by atoms with van der Waals surface area (Å²) in [6.07, 6.45) is 6.23. The van der Waals surface area contributed by atoms with Gasteiger partial charge in [-0.3, -0.25) is 4.79 Å². The third kappa shape index (κ3) is 3.73. The first-order chi connectivity index (χ1) is 14.3. The van der Waals surface area contributed by atoms with Crippen LogP contribution in [0.1, 0.15) is 56.2 Å². The van der Waals surface area contributed by atoms with Crippen molar-refractivity contribution in [3.63, 3.8) is 0 Å². The molecule has 1 aliphatic carbocycles. The number of fused-ring (bicyclic) bond motifs is 1. The predicted molar refractivity (Wildman–Crippen MR) is 118 cm³/mol. The Kier molecular flexibility index (Phi) is 5.86. The van der Waals surface area contributed by atoms with Gasteiger partial charge in [0, 0.05) is 31.3 Å². The Balaban J connectivity index is 1.85. The van der Waals surface area contributed by atoms with Crippen molar-refractivity contribution in [2.75, 3.05) is 13.1 Å². The number of piperidine rings is 1. The maximum Gasteiger partial charge on any atom is 0.269 e. The van der Waals surface area contributed by atoms with Crippen LogP contribution in [0.4, 0.5) is 0 Å². The van der Waals surface area contributed by atoms with Crippen molar-refractivity contribution >= 4 is 10.0 Å². The molecule has 2 heterocycles. The molecular formula is C23H31N3O3S. The predicted octanol–water partition coefficient (Wildman–Crippen LogP) is 3.31. The minimum absolute atomic E-state index is 0.0335. The van der Waals surface area contributed by atoms with Gasteiger partial charge in [0.1, 0.15) is 0 Å². The molecule has 2 aromatic rings. The van der Waals surface area contributed by atoms with Crippen LogP contribution in [0.5, 0.6) is 0 Å². The van der Waals surface area contributed by atoms with Gasteiger partial charge in [-0.05, 0) is 68.1 Å². The van der Waals surface area contributed by atoms with E-state index in [1.165, 1.54) is 4.68 Å². The van der Waals surface area contributed by atoms with E-state index in [4.69, 9.17) is 0 Å². The van der Waals surface area contributed by atoms with Crippen LogP contribution in [0.25, 0.3) is 11.3 Å². The van der Waals surface area contributed by atoms with E-state index < -0.39 is 10.0 Å². The summed E-state index contributed by atoms with van der Waals surface area (Å²) in [5.41, 5.74) is 4.15. The molecule has 4 rings (SSSR count). The van der Waals surface area contributed by atoms with Crippen molar-refractivity contribution in [1.82, 2.24) is 14.1 Å². The number of hydrogen-bond donors (Lipinski definition) is 0. The van der Waals surface area contributed by atoms with Gasteiger partial charge in [-0.2, -0.15) is 9.40 Å². The van der Waals surface area contributed by atoms with Crippen molar-refractivity contribution in [2.24, 2.45) is 13.0 Å². The van der Waals surface area contributed by atoms with E-state index in [9.17, 15) is 13.2 Å². The van der Waals surface area contributed by atoms with Gasteiger partial charge in [0.15, 0.2) is 0 Å². The normalized spacial score (nSPS) is 20.2. The van der Waals surface area contributed by atoms with E-state index in [-0.39, 0.29) is 5.56 Å². The minimum Gasteiger partial charge on any atom is -0.268 e. The van der Waals surface area contributed by atoms with E-state index in [2.05, 4.69) is 12.0 Å². The topological polar surface area (TPSA) is 72.3 Å². The summed E-state index contributed by atoms with van der Waals surface area (Å²) in [7, 11) is -1.90. The molecule has 1 aliphatic heterocycles. The first-order valence-corrected chi connectivity index (χ1v) is 12.5. The quantitative estimate of drug-likeness (QED) is 0.748. The summed E-state index contributed by atoms with van der Waals surface area (Å²) in [6.45, 7) is 5.25. The molecule has 0 unspecified atom stereocenters. The summed E-state index contributed by atoms with van der Waals surface area (Å²) in [5.74, 6) is 0.374. The van der Waals surface area contributed by atoms with E-state index in [1.807, 2.05) is 19.1 Å². The van der Waals surface area contributed by atoms with E-state index in [1.54, 1.807) is 17.4 Å². The highest BCUT2D eigenvalue weighted by atomic mass is 32.2. The molecule has 0 amide bonds. The summed E-state index contributed by atoms with van der Waals surface area (Å²) in [5, 5.41) is 4.56. The molecule has 162 valence electrons. The molecular weight excluding hydrogens is 398 g/mol. The van der Waals surface area contributed by atoms with Gasteiger partial charge in [-0.25, -0.2) is 13.1 Å². The smallest absolute Gasteiger partial charge is 0.268 e. The lowest BCUT2D eigenvalue weighted by Gasteiger charge is -2.30. The summed E-state index contributed by atoms with van der Waals surface area (Å²) < 4.78 is 30.2. The lowest BCUT2D eigenvalue weighted by molar-refractivity contribution is 0.281. The molecule has 6 nitrogen and oxygen atoms in total. The molecule has 0 saturated carbocycles. The Hall–Kier alpha value is -1.99. The van der Waals surface area contributed by atoms with Crippen LogP contribution < -0.4 is 5.56 Å². The fourth-order valence-corrected chi connectivity index (χ4v) is 6.74. The van der Waals surface area contributed by atoms with Crippen LogP contribution in [0, 0.1) is 5.92 Å². The number of aryl methyl sites for hydroxylation is 2. The zero-order chi connectivity index (χ0) is 21.5. The number of aromatic nitrogens is 2. The van der Waals surface area contributed by atoms with Gasteiger partial charge in [-0.1, -0.05) is 26.0 Å². The van der Waals surface area contributed by atoms with Gasteiger partial charge in [-0.15, -0.1) is 0 Å². The molecule has 1 atom stereocenters. The standard InChI is InChI=1S/C23H31N3O3S/c1-4-17-11-12-18(14-21(17)30(28,29)26-13-7-8-16(2)15-26)22-19-9-5-6-10-20(19)23(27)25(3)24-22/h11-12,14,16H,4-10,13,15H2,1-3H3/t16-/m1/s1. The number of sulfonamides is 1. The molecule has 0 spiro atoms. The second-order valence-corrected chi connectivity index (χ2v) is 10.6. The lowest BCUT2D eigenvalue weighted by Crippen LogP contribution is -2.39. The minimum atomic E-state index is -3.57. The van der Waals surface area contributed by atoms with E-state index in [0.29, 0.717) is 30.3 Å². The number of benzene rings is 1. The molecule has 1 aromatic heterocycles. The van der Waals surface area contributed by atoms with Crippen LogP contribution in [0.2, 0.25) is 0 Å². The molecule has 2 aliphatic rings. The van der Waals surface area contributed by atoms with E-state index >= 15 is 0 Å². The zero-order valence-corrected chi connectivity index (χ0v) is 19.0. The first-order valence-electron chi connectivity index (χ1n) is 11.1. The fourth-order valence-electron chi connectivity index (χ4n) is 4.82. The number of nitrogens with zero attached hydrogens (tertiary/aromatic N) is 3. The van der Waals surface area contributed by atoms with Gasteiger partial charge in [0.25, 0.3) is 5.56 Å². The molecule has 7 heteroatoms. The maximum atomic E-state index is 13.6. The SMILES string of the molecule is CCc1ccc(-c2nn(C)c(=O)c3c2CCCC3)cc1S(=O)(=O)N1CCC[C@@H](C)C1. The maximum absolute atomic E-state index is 13.6. The average molecular weight is 430 g/mol. The van der Waals surface area contributed by atoms with Crippen molar-refractivity contribution in [1.29, 1.82) is 0 Å². The summed E-state index contributed by atoms with van der Waals surface area (Å²) in [4.78, 5) is 12.9. The summed E-state index contributed by atoms with van der Waals surface area (Å²) in [6, 6.07) is 5.66. The molecule has 1 fully saturated rings. The first kappa shape index (κ1) is 21.2. The van der Waals surface area contributed by atoms with Crippen molar-refractivity contribution in [3.05, 3.63) is 45.2 Å². The van der Waals surface area contributed by atoms with Crippen molar-refractivity contribution in [3.8, 4) is 11.3 Å². The van der Waals surface area contributed by atoms with Gasteiger partial charge in [0.05, 0.1) is 10.6 Å². The van der Waals surface area contributed by atoms with Crippen molar-refractivity contribution < 1.29 is 8.42 Å². The van der Waals surface area contributed by atoms with Crippen molar-refractivity contribution in [2.45, 2.75) is 63.7 Å². The highest BCUT2D eigenvalue weighted by Gasteiger charge is 2.31. The molecule has 30 heavy (non-hydrogen) atoms. The molecule has 1 aromatic carbocycles. The second kappa shape index (κ2) is 8.27. The Morgan fingerprint density at radius 2 is 1.87 bits per heavy atom. The second-order valence-electron chi connectivity index (χ2n) is 8.73. The Morgan fingerprint density at radius 3 is 2.57 bits per heavy atom. The Labute approximate surface area is 179 Å². The third-order valence-electron chi connectivity index (χ3n) is 6.51. The van der Waals surface area contributed by atoms with Crippen LogP contribution in [-0.4, -0.2) is 35.6 Å². The van der Waals surface area contributed by atoms with Crippen LogP contribution in [-0.2, 0) is 36.3 Å². The van der Waals surface area contributed by atoms with E-state index in [0.717, 1.165) is 66.5 Å². The third-order valence-corrected chi connectivity index (χ3v) is 8.46. The fraction of sp³-hybridized carbons (Fsp3) is 0.565. The number of hydrogen-bond acceptors (Lipinski definition) is 4. The Morgan fingerprint density at radius 1 is 1.13 bits per heavy atom. The van der Waals surface area contributed by atoms with Crippen LogP contribution >= 0.6 is 0 Å². The highest BCUT2D eigenvalue weighted by Crippen LogP contribution is 2.32. The zero-order valence-electron chi connectivity index (χ0n) is 18.1. The Bertz CT molecular complexity index is 1120. The molecule has 0 radical (unpaired) electrons.